The maximum Gasteiger partial charge on any atom is 0.303 e. The minimum absolute atomic E-state index is 0.315. The van der Waals surface area contributed by atoms with Gasteiger partial charge in [0.15, 0.2) is 12.2 Å². The van der Waals surface area contributed by atoms with Gasteiger partial charge in [-0.05, 0) is 46.9 Å². The average Bonchev–Trinajstić information content (AvgIpc) is 2.65. The summed E-state index contributed by atoms with van der Waals surface area (Å²) in [5.41, 5.74) is 0. The van der Waals surface area contributed by atoms with E-state index in [1.807, 2.05) is 0 Å². The molecule has 1 aliphatic rings. The Bertz CT molecular complexity index is 809. The normalized spacial score (nSPS) is 25.1. The molecule has 11 heteroatoms. The first-order chi connectivity index (χ1) is 14.6. The highest BCUT2D eigenvalue weighted by Crippen LogP contribution is 2.31. The SMILES string of the molecule is CC(=O)OCC1O[C@@H](Oc2ccc(I)cc2)C(OC(C)=O)C(OC(C)=O)[C@@H]1OC(C)=O. The van der Waals surface area contributed by atoms with Gasteiger partial charge in [0, 0.05) is 31.3 Å². The van der Waals surface area contributed by atoms with Crippen molar-refractivity contribution in [2.45, 2.75) is 58.4 Å². The molecule has 31 heavy (non-hydrogen) atoms. The number of rotatable bonds is 7. The van der Waals surface area contributed by atoms with Crippen molar-refractivity contribution in [1.82, 2.24) is 0 Å². The van der Waals surface area contributed by atoms with Crippen LogP contribution in [0, 0.1) is 3.57 Å². The number of hydrogen-bond donors (Lipinski definition) is 0. The molecular formula is C20H23IO10. The molecule has 0 amide bonds. The van der Waals surface area contributed by atoms with Gasteiger partial charge >= 0.3 is 23.9 Å². The Morgan fingerprint density at radius 3 is 1.84 bits per heavy atom. The summed E-state index contributed by atoms with van der Waals surface area (Å²) < 4.78 is 33.7. The fourth-order valence-electron chi connectivity index (χ4n) is 2.93. The van der Waals surface area contributed by atoms with E-state index < -0.39 is 54.6 Å². The lowest BCUT2D eigenvalue weighted by atomic mass is 9.98. The van der Waals surface area contributed by atoms with E-state index in [9.17, 15) is 19.2 Å². The third-order valence-electron chi connectivity index (χ3n) is 4.01. The van der Waals surface area contributed by atoms with Crippen LogP contribution in [0.2, 0.25) is 0 Å². The largest absolute Gasteiger partial charge is 0.463 e. The fraction of sp³-hybridized carbons (Fsp3) is 0.500. The quantitative estimate of drug-likeness (QED) is 0.282. The monoisotopic (exact) mass is 550 g/mol. The van der Waals surface area contributed by atoms with E-state index in [0.717, 1.165) is 17.4 Å². The van der Waals surface area contributed by atoms with Crippen LogP contribution in [0.1, 0.15) is 27.7 Å². The molecule has 1 saturated heterocycles. The molecule has 0 aliphatic carbocycles. The Morgan fingerprint density at radius 2 is 1.32 bits per heavy atom. The molecule has 0 spiro atoms. The zero-order valence-corrected chi connectivity index (χ0v) is 19.5. The van der Waals surface area contributed by atoms with Gasteiger partial charge in [-0.1, -0.05) is 0 Å². The predicted octanol–water partition coefficient (Wildman–Crippen LogP) is 1.75. The number of benzene rings is 1. The molecule has 3 unspecified atom stereocenters. The number of carbonyl (C=O) groups is 4. The maximum atomic E-state index is 11.8. The first-order valence-corrected chi connectivity index (χ1v) is 10.4. The van der Waals surface area contributed by atoms with Crippen LogP contribution in [-0.2, 0) is 42.9 Å². The summed E-state index contributed by atoms with van der Waals surface area (Å²) in [4.78, 5) is 46.5. The van der Waals surface area contributed by atoms with Crippen molar-refractivity contribution in [3.8, 4) is 5.75 Å². The Kier molecular flexibility index (Phi) is 9.04. The van der Waals surface area contributed by atoms with Gasteiger partial charge in [-0.25, -0.2) is 0 Å². The molecule has 1 aromatic carbocycles. The molecule has 0 N–H and O–H groups in total. The smallest absolute Gasteiger partial charge is 0.303 e. The van der Waals surface area contributed by atoms with Gasteiger partial charge in [0.1, 0.15) is 18.5 Å². The first-order valence-electron chi connectivity index (χ1n) is 9.29. The summed E-state index contributed by atoms with van der Waals surface area (Å²) in [6.07, 6.45) is -6.06. The zero-order valence-electron chi connectivity index (χ0n) is 17.4. The molecule has 0 aromatic heterocycles. The molecule has 0 bridgehead atoms. The van der Waals surface area contributed by atoms with Crippen LogP contribution in [0.3, 0.4) is 0 Å². The van der Waals surface area contributed by atoms with E-state index in [1.165, 1.54) is 13.8 Å². The van der Waals surface area contributed by atoms with Gasteiger partial charge < -0.3 is 28.4 Å². The van der Waals surface area contributed by atoms with Crippen molar-refractivity contribution in [3.05, 3.63) is 27.8 Å². The van der Waals surface area contributed by atoms with Crippen LogP contribution in [-0.4, -0.2) is 61.2 Å². The maximum absolute atomic E-state index is 11.8. The van der Waals surface area contributed by atoms with E-state index in [0.29, 0.717) is 5.75 Å². The lowest BCUT2D eigenvalue weighted by Gasteiger charge is -2.43. The average molecular weight is 550 g/mol. The van der Waals surface area contributed by atoms with E-state index in [1.54, 1.807) is 24.3 Å². The third-order valence-corrected chi connectivity index (χ3v) is 4.73. The van der Waals surface area contributed by atoms with Crippen molar-refractivity contribution >= 4 is 46.5 Å². The molecule has 5 atom stereocenters. The van der Waals surface area contributed by atoms with Crippen molar-refractivity contribution in [3.63, 3.8) is 0 Å². The van der Waals surface area contributed by atoms with Gasteiger partial charge in [0.2, 0.25) is 12.4 Å². The van der Waals surface area contributed by atoms with Gasteiger partial charge in [0.05, 0.1) is 0 Å². The summed E-state index contributed by atoms with van der Waals surface area (Å²) in [7, 11) is 0. The van der Waals surface area contributed by atoms with Crippen molar-refractivity contribution in [2.75, 3.05) is 6.61 Å². The van der Waals surface area contributed by atoms with Crippen molar-refractivity contribution < 1.29 is 47.6 Å². The zero-order chi connectivity index (χ0) is 23.1. The lowest BCUT2D eigenvalue weighted by molar-refractivity contribution is -0.288. The predicted molar refractivity (Wildman–Crippen MR) is 112 cm³/mol. The number of ether oxygens (including phenoxy) is 6. The summed E-state index contributed by atoms with van der Waals surface area (Å²) >= 11 is 2.13. The molecule has 170 valence electrons. The number of hydrogen-bond acceptors (Lipinski definition) is 10. The highest BCUT2D eigenvalue weighted by atomic mass is 127. The highest BCUT2D eigenvalue weighted by Gasteiger charge is 2.53. The highest BCUT2D eigenvalue weighted by molar-refractivity contribution is 14.1. The number of esters is 4. The second kappa shape index (κ2) is 11.3. The van der Waals surface area contributed by atoms with Crippen LogP contribution in [0.15, 0.2) is 24.3 Å². The Balaban J connectivity index is 2.43. The van der Waals surface area contributed by atoms with Crippen LogP contribution >= 0.6 is 22.6 Å². The molecule has 10 nitrogen and oxygen atoms in total. The summed E-state index contributed by atoms with van der Waals surface area (Å²) in [6, 6.07) is 6.94. The van der Waals surface area contributed by atoms with Crippen molar-refractivity contribution in [1.29, 1.82) is 0 Å². The molecule has 0 radical (unpaired) electrons. The molecule has 1 aromatic rings. The Hall–Kier alpha value is -2.41. The summed E-state index contributed by atoms with van der Waals surface area (Å²) in [5, 5.41) is 0. The van der Waals surface area contributed by atoms with Crippen molar-refractivity contribution in [2.24, 2.45) is 0 Å². The molecule has 1 aliphatic heterocycles. The molecule has 2 rings (SSSR count). The molecule has 1 fully saturated rings. The van der Waals surface area contributed by atoms with Crippen LogP contribution in [0.4, 0.5) is 0 Å². The molecular weight excluding hydrogens is 527 g/mol. The minimum Gasteiger partial charge on any atom is -0.463 e. The van der Waals surface area contributed by atoms with E-state index in [-0.39, 0.29) is 6.61 Å². The van der Waals surface area contributed by atoms with Crippen LogP contribution in [0.25, 0.3) is 0 Å². The number of halogens is 1. The lowest BCUT2D eigenvalue weighted by Crippen LogP contribution is -2.63. The molecule has 1 heterocycles. The Labute approximate surface area is 192 Å². The second-order valence-corrected chi connectivity index (χ2v) is 7.89. The van der Waals surface area contributed by atoms with E-state index in [4.69, 9.17) is 28.4 Å². The van der Waals surface area contributed by atoms with Gasteiger partial charge in [-0.2, -0.15) is 0 Å². The van der Waals surface area contributed by atoms with Crippen LogP contribution < -0.4 is 4.74 Å². The van der Waals surface area contributed by atoms with E-state index >= 15 is 0 Å². The fourth-order valence-corrected chi connectivity index (χ4v) is 3.29. The van der Waals surface area contributed by atoms with Gasteiger partial charge in [-0.3, -0.25) is 19.2 Å². The van der Waals surface area contributed by atoms with E-state index in [2.05, 4.69) is 22.6 Å². The third kappa shape index (κ3) is 7.65. The Morgan fingerprint density at radius 1 is 0.806 bits per heavy atom. The van der Waals surface area contributed by atoms with Gasteiger partial charge in [0.25, 0.3) is 0 Å². The standard InChI is InChI=1S/C20H23IO10/c1-10(22)26-9-16-17(27-11(2)23)18(28-12(3)24)19(29-13(4)25)20(31-16)30-15-7-5-14(21)6-8-15/h5-8,16-20H,9H2,1-4H3/t16?,17-,18?,19?,20-/m1/s1. The second-order valence-electron chi connectivity index (χ2n) is 6.64. The topological polar surface area (TPSA) is 124 Å². The summed E-state index contributed by atoms with van der Waals surface area (Å²) in [5.74, 6) is -2.30. The minimum atomic E-state index is -1.27. The summed E-state index contributed by atoms with van der Waals surface area (Å²) in [6.45, 7) is 4.36. The number of carbonyl (C=O) groups excluding carboxylic acids is 4. The molecule has 0 saturated carbocycles. The van der Waals surface area contributed by atoms with Gasteiger partial charge in [-0.15, -0.1) is 0 Å². The first kappa shape index (κ1) is 24.9. The van der Waals surface area contributed by atoms with Crippen LogP contribution in [0.5, 0.6) is 5.75 Å².